The van der Waals surface area contributed by atoms with Crippen LogP contribution in [0, 0.1) is 0 Å². The molecule has 1 heterocycles. The van der Waals surface area contributed by atoms with Crippen LogP contribution in [0.1, 0.15) is 26.3 Å². The van der Waals surface area contributed by atoms with Gasteiger partial charge in [-0.15, -0.1) is 0 Å². The fraction of sp³-hybridized carbons (Fsp3) is 0.556. The highest BCUT2D eigenvalue weighted by Crippen LogP contribution is 2.25. The molecule has 0 spiro atoms. The van der Waals surface area contributed by atoms with E-state index in [2.05, 4.69) is 5.32 Å². The van der Waals surface area contributed by atoms with Crippen LogP contribution in [0.4, 0.5) is 4.79 Å². The number of nitrogens with zero attached hydrogens (tertiary/aromatic N) is 1. The zero-order valence-electron chi connectivity index (χ0n) is 15.3. The summed E-state index contributed by atoms with van der Waals surface area (Å²) < 4.78 is 10.5. The molecule has 0 aliphatic carbocycles. The lowest BCUT2D eigenvalue weighted by Gasteiger charge is -2.31. The summed E-state index contributed by atoms with van der Waals surface area (Å²) >= 11 is 0. The number of hydrogen-bond acceptors (Lipinski definition) is 6. The van der Waals surface area contributed by atoms with E-state index < -0.39 is 17.7 Å². The Morgan fingerprint density at radius 1 is 1.23 bits per heavy atom. The number of alkyl carbamates (subject to hydrolysis) is 1. The van der Waals surface area contributed by atoms with Crippen LogP contribution in [-0.2, 0) is 20.7 Å². The quantitative estimate of drug-likeness (QED) is 0.695. The lowest BCUT2D eigenvalue weighted by atomic mass is 10.0. The van der Waals surface area contributed by atoms with E-state index >= 15 is 0 Å². The molecule has 0 bridgehead atoms. The van der Waals surface area contributed by atoms with Crippen LogP contribution in [0.25, 0.3) is 0 Å². The first-order valence-electron chi connectivity index (χ1n) is 8.52. The average molecular weight is 366 g/mol. The van der Waals surface area contributed by atoms with Crippen LogP contribution in [0.3, 0.4) is 0 Å². The number of aromatic hydroxyl groups is 2. The molecule has 1 atom stereocenters. The second-order valence-corrected chi connectivity index (χ2v) is 7.16. The Hall–Kier alpha value is -2.48. The Morgan fingerprint density at radius 3 is 2.46 bits per heavy atom. The molecule has 2 rings (SSSR count). The number of nitrogens with one attached hydrogen (secondary N) is 1. The molecule has 0 saturated carbocycles. The van der Waals surface area contributed by atoms with Crippen molar-refractivity contribution in [2.45, 2.75) is 38.8 Å². The zero-order chi connectivity index (χ0) is 19.3. The molecule has 1 fully saturated rings. The van der Waals surface area contributed by atoms with Crippen molar-refractivity contribution < 1.29 is 29.3 Å². The predicted molar refractivity (Wildman–Crippen MR) is 94.0 cm³/mol. The molecular weight excluding hydrogens is 340 g/mol. The largest absolute Gasteiger partial charge is 0.504 e. The van der Waals surface area contributed by atoms with Gasteiger partial charge in [-0.1, -0.05) is 6.07 Å². The van der Waals surface area contributed by atoms with Gasteiger partial charge in [-0.2, -0.15) is 0 Å². The first-order chi connectivity index (χ1) is 12.2. The number of benzene rings is 1. The number of hydrogen-bond donors (Lipinski definition) is 3. The third kappa shape index (κ3) is 5.80. The topological polar surface area (TPSA) is 108 Å². The standard InChI is InChI=1S/C18H26N2O6/c1-18(2,3)26-17(24)19-13(16(23)20-6-8-25-9-7-20)10-12-4-5-14(21)15(22)11-12/h4-5,11,13,21-22H,6-10H2,1-3H3,(H,19,24)/t13-/m0/s1. The van der Waals surface area contributed by atoms with Gasteiger partial charge in [0.1, 0.15) is 11.6 Å². The summed E-state index contributed by atoms with van der Waals surface area (Å²) in [4.78, 5) is 26.6. The van der Waals surface area contributed by atoms with Crippen LogP contribution in [0.2, 0.25) is 0 Å². The summed E-state index contributed by atoms with van der Waals surface area (Å²) in [6.07, 6.45) is -0.532. The van der Waals surface area contributed by atoms with Gasteiger partial charge in [-0.25, -0.2) is 4.79 Å². The molecule has 2 amide bonds. The summed E-state index contributed by atoms with van der Waals surface area (Å²) in [7, 11) is 0. The number of ether oxygens (including phenoxy) is 2. The highest BCUT2D eigenvalue weighted by Gasteiger charge is 2.29. The van der Waals surface area contributed by atoms with Crippen molar-refractivity contribution in [3.05, 3.63) is 23.8 Å². The van der Waals surface area contributed by atoms with Gasteiger partial charge in [0.25, 0.3) is 0 Å². The SMILES string of the molecule is CC(C)(C)OC(=O)N[C@@H](Cc1ccc(O)c(O)c1)C(=O)N1CCOCC1. The maximum atomic E-state index is 12.8. The third-order valence-electron chi connectivity index (χ3n) is 3.79. The van der Waals surface area contributed by atoms with Crippen LogP contribution >= 0.6 is 0 Å². The molecule has 8 heteroatoms. The van der Waals surface area contributed by atoms with Gasteiger partial charge in [-0.05, 0) is 38.5 Å². The molecule has 0 aromatic heterocycles. The number of phenols is 2. The minimum absolute atomic E-state index is 0.156. The highest BCUT2D eigenvalue weighted by molar-refractivity contribution is 5.86. The second-order valence-electron chi connectivity index (χ2n) is 7.16. The number of rotatable bonds is 4. The van der Waals surface area contributed by atoms with Gasteiger partial charge in [0.05, 0.1) is 13.2 Å². The molecule has 1 aliphatic heterocycles. The summed E-state index contributed by atoms with van der Waals surface area (Å²) in [5.41, 5.74) is -0.0871. The maximum Gasteiger partial charge on any atom is 0.408 e. The molecule has 0 unspecified atom stereocenters. The van der Waals surface area contributed by atoms with Crippen molar-refractivity contribution in [1.82, 2.24) is 10.2 Å². The van der Waals surface area contributed by atoms with Crippen LogP contribution in [0.15, 0.2) is 18.2 Å². The van der Waals surface area contributed by atoms with E-state index in [1.807, 2.05) is 0 Å². The van der Waals surface area contributed by atoms with Gasteiger partial charge in [-0.3, -0.25) is 4.79 Å². The number of phenolic OH excluding ortho intramolecular Hbond substituents is 2. The number of carbonyl (C=O) groups excluding carboxylic acids is 2. The Morgan fingerprint density at radius 2 is 1.88 bits per heavy atom. The van der Waals surface area contributed by atoms with E-state index in [1.165, 1.54) is 12.1 Å². The van der Waals surface area contributed by atoms with Gasteiger partial charge >= 0.3 is 6.09 Å². The molecule has 3 N–H and O–H groups in total. The molecule has 0 radical (unpaired) electrons. The lowest BCUT2D eigenvalue weighted by molar-refractivity contribution is -0.137. The Bertz CT molecular complexity index is 650. The van der Waals surface area contributed by atoms with Crippen molar-refractivity contribution in [2.24, 2.45) is 0 Å². The summed E-state index contributed by atoms with van der Waals surface area (Å²) in [5.74, 6) is -0.769. The van der Waals surface area contributed by atoms with E-state index in [4.69, 9.17) is 9.47 Å². The maximum absolute atomic E-state index is 12.8. The van der Waals surface area contributed by atoms with Gasteiger partial charge in [0, 0.05) is 19.5 Å². The van der Waals surface area contributed by atoms with Crippen LogP contribution < -0.4 is 5.32 Å². The zero-order valence-corrected chi connectivity index (χ0v) is 15.3. The third-order valence-corrected chi connectivity index (χ3v) is 3.79. The predicted octanol–water partition coefficient (Wildman–Crippen LogP) is 1.39. The molecule has 26 heavy (non-hydrogen) atoms. The molecule has 1 aromatic rings. The number of carbonyl (C=O) groups is 2. The van der Waals surface area contributed by atoms with Crippen LogP contribution in [0.5, 0.6) is 11.5 Å². The Balaban J connectivity index is 2.15. The lowest BCUT2D eigenvalue weighted by Crippen LogP contribution is -2.53. The van der Waals surface area contributed by atoms with E-state index in [0.717, 1.165) is 0 Å². The molecule has 1 saturated heterocycles. The monoisotopic (exact) mass is 366 g/mol. The Labute approximate surface area is 152 Å². The minimum Gasteiger partial charge on any atom is -0.504 e. The first kappa shape index (κ1) is 19.8. The summed E-state index contributed by atoms with van der Waals surface area (Å²) in [6, 6.07) is 3.44. The van der Waals surface area contributed by atoms with E-state index in [-0.39, 0.29) is 23.8 Å². The van der Waals surface area contributed by atoms with Crippen molar-refractivity contribution in [3.8, 4) is 11.5 Å². The number of amides is 2. The fourth-order valence-electron chi connectivity index (χ4n) is 2.59. The van der Waals surface area contributed by atoms with Crippen molar-refractivity contribution in [2.75, 3.05) is 26.3 Å². The minimum atomic E-state index is -0.855. The summed E-state index contributed by atoms with van der Waals surface area (Å²) in [5, 5.41) is 21.7. The number of morpholine rings is 1. The normalized spacial score (nSPS) is 16.0. The van der Waals surface area contributed by atoms with E-state index in [0.29, 0.717) is 31.9 Å². The van der Waals surface area contributed by atoms with E-state index in [1.54, 1.807) is 31.7 Å². The fourth-order valence-corrected chi connectivity index (χ4v) is 2.59. The molecule has 8 nitrogen and oxygen atoms in total. The van der Waals surface area contributed by atoms with Crippen molar-refractivity contribution in [3.63, 3.8) is 0 Å². The van der Waals surface area contributed by atoms with Crippen molar-refractivity contribution in [1.29, 1.82) is 0 Å². The van der Waals surface area contributed by atoms with Gasteiger partial charge < -0.3 is 29.9 Å². The highest BCUT2D eigenvalue weighted by atomic mass is 16.6. The molecule has 144 valence electrons. The van der Waals surface area contributed by atoms with Gasteiger partial charge in [0.15, 0.2) is 11.5 Å². The molecule has 1 aliphatic rings. The Kier molecular flexibility index (Phi) is 6.31. The van der Waals surface area contributed by atoms with Crippen molar-refractivity contribution >= 4 is 12.0 Å². The van der Waals surface area contributed by atoms with E-state index in [9.17, 15) is 19.8 Å². The molecular formula is C18H26N2O6. The molecule has 1 aromatic carbocycles. The smallest absolute Gasteiger partial charge is 0.408 e. The first-order valence-corrected chi connectivity index (χ1v) is 8.52. The van der Waals surface area contributed by atoms with Gasteiger partial charge in [0.2, 0.25) is 5.91 Å². The van der Waals surface area contributed by atoms with Crippen LogP contribution in [-0.4, -0.2) is 65.1 Å². The average Bonchev–Trinajstić information content (AvgIpc) is 2.56. The second kappa shape index (κ2) is 8.27. The summed E-state index contributed by atoms with van der Waals surface area (Å²) in [6.45, 7) is 7.02.